The van der Waals surface area contributed by atoms with Crippen LogP contribution in [0.1, 0.15) is 33.8 Å². The zero-order chi connectivity index (χ0) is 20.8. The SMILES string of the molecule is CC(OC(=O)c1ccc(C2SCCCS2)cc1)C(=O)Nc1ccccc1[N+](=O)[O-]. The molecule has 2 aromatic carbocycles. The summed E-state index contributed by atoms with van der Waals surface area (Å²) in [6.45, 7) is 1.42. The van der Waals surface area contributed by atoms with E-state index >= 15 is 0 Å². The molecule has 152 valence electrons. The second kappa shape index (κ2) is 9.80. The molecular formula is C20H20N2O5S2. The van der Waals surface area contributed by atoms with Gasteiger partial charge in [-0.25, -0.2) is 4.79 Å². The standard InChI is InChI=1S/C20H20N2O5S2/c1-13(18(23)21-16-5-2-3-6-17(16)22(25)26)27-19(24)14-7-9-15(10-8-14)20-28-11-4-12-29-20/h2-3,5-10,13,20H,4,11-12H2,1H3,(H,21,23). The van der Waals surface area contributed by atoms with Crippen molar-refractivity contribution in [3.63, 3.8) is 0 Å². The van der Waals surface area contributed by atoms with Crippen LogP contribution in [0.4, 0.5) is 11.4 Å². The van der Waals surface area contributed by atoms with Crippen molar-refractivity contribution in [2.75, 3.05) is 16.8 Å². The number of nitro groups is 1. The van der Waals surface area contributed by atoms with Crippen LogP contribution in [0, 0.1) is 10.1 Å². The smallest absolute Gasteiger partial charge is 0.338 e. The summed E-state index contributed by atoms with van der Waals surface area (Å²) in [6, 6.07) is 13.0. The molecule has 7 nitrogen and oxygen atoms in total. The number of thioether (sulfide) groups is 2. The Morgan fingerprint density at radius 1 is 1.14 bits per heavy atom. The molecule has 0 saturated carbocycles. The third-order valence-corrected chi connectivity index (χ3v) is 7.27. The number of hydrogen-bond donors (Lipinski definition) is 1. The largest absolute Gasteiger partial charge is 0.449 e. The molecule has 2 aromatic rings. The van der Waals surface area contributed by atoms with Crippen LogP contribution in [0.5, 0.6) is 0 Å². The van der Waals surface area contributed by atoms with E-state index in [2.05, 4.69) is 5.32 Å². The van der Waals surface area contributed by atoms with Crippen LogP contribution >= 0.6 is 23.5 Å². The van der Waals surface area contributed by atoms with E-state index in [9.17, 15) is 19.7 Å². The Balaban J connectivity index is 1.60. The topological polar surface area (TPSA) is 98.5 Å². The average molecular weight is 433 g/mol. The summed E-state index contributed by atoms with van der Waals surface area (Å²) in [5.74, 6) is 1.01. The van der Waals surface area contributed by atoms with E-state index in [-0.39, 0.29) is 11.4 Å². The number of esters is 1. The van der Waals surface area contributed by atoms with Gasteiger partial charge in [0.15, 0.2) is 6.10 Å². The molecule has 29 heavy (non-hydrogen) atoms. The van der Waals surface area contributed by atoms with E-state index in [4.69, 9.17) is 4.74 Å². The van der Waals surface area contributed by atoms with Crippen LogP contribution in [0.2, 0.25) is 0 Å². The highest BCUT2D eigenvalue weighted by Crippen LogP contribution is 2.43. The minimum absolute atomic E-state index is 0.0530. The van der Waals surface area contributed by atoms with Crippen molar-refractivity contribution in [1.82, 2.24) is 0 Å². The number of benzene rings is 2. The molecule has 0 spiro atoms. The van der Waals surface area contributed by atoms with Gasteiger partial charge in [-0.15, -0.1) is 23.5 Å². The molecule has 1 unspecified atom stereocenters. The number of nitrogens with one attached hydrogen (secondary N) is 1. The van der Waals surface area contributed by atoms with Gasteiger partial charge in [-0.3, -0.25) is 14.9 Å². The Hall–Kier alpha value is -2.52. The lowest BCUT2D eigenvalue weighted by Crippen LogP contribution is -2.30. The van der Waals surface area contributed by atoms with Crippen molar-refractivity contribution in [3.05, 3.63) is 69.8 Å². The number of carbonyl (C=O) groups excluding carboxylic acids is 2. The van der Waals surface area contributed by atoms with Gasteiger partial charge in [0.25, 0.3) is 11.6 Å². The lowest BCUT2D eigenvalue weighted by molar-refractivity contribution is -0.383. The van der Waals surface area contributed by atoms with Crippen molar-refractivity contribution in [3.8, 4) is 0 Å². The number of nitro benzene ring substituents is 1. The van der Waals surface area contributed by atoms with Crippen LogP contribution in [0.3, 0.4) is 0 Å². The predicted octanol–water partition coefficient (Wildman–Crippen LogP) is 4.65. The first kappa shape index (κ1) is 21.2. The van der Waals surface area contributed by atoms with Gasteiger partial charge in [0.1, 0.15) is 5.69 Å². The summed E-state index contributed by atoms with van der Waals surface area (Å²) in [4.78, 5) is 35.1. The molecule has 1 aliphatic rings. The third-order valence-electron chi connectivity index (χ3n) is 4.26. The predicted molar refractivity (Wildman–Crippen MR) is 115 cm³/mol. The zero-order valence-corrected chi connectivity index (χ0v) is 17.3. The van der Waals surface area contributed by atoms with E-state index in [1.54, 1.807) is 18.2 Å². The molecule has 1 amide bonds. The first-order valence-electron chi connectivity index (χ1n) is 9.04. The van der Waals surface area contributed by atoms with Gasteiger partial charge in [0.05, 0.1) is 15.1 Å². The molecule has 1 fully saturated rings. The molecule has 0 bridgehead atoms. The van der Waals surface area contributed by atoms with Crippen LogP contribution in [0.15, 0.2) is 48.5 Å². The fourth-order valence-corrected chi connectivity index (χ4v) is 5.61. The summed E-state index contributed by atoms with van der Waals surface area (Å²) in [6.07, 6.45) is 0.106. The quantitative estimate of drug-likeness (QED) is 0.403. The Kier molecular flexibility index (Phi) is 7.16. The Bertz CT molecular complexity index is 898. The first-order chi connectivity index (χ1) is 14.0. The number of hydrogen-bond acceptors (Lipinski definition) is 7. The number of para-hydroxylation sites is 2. The lowest BCUT2D eigenvalue weighted by Gasteiger charge is -2.21. The maximum absolute atomic E-state index is 12.4. The molecule has 1 N–H and O–H groups in total. The zero-order valence-electron chi connectivity index (χ0n) is 15.7. The highest BCUT2D eigenvalue weighted by atomic mass is 32.2. The first-order valence-corrected chi connectivity index (χ1v) is 11.1. The summed E-state index contributed by atoms with van der Waals surface area (Å²) >= 11 is 3.79. The Morgan fingerprint density at radius 3 is 2.45 bits per heavy atom. The normalized spacial score (nSPS) is 15.3. The van der Waals surface area contributed by atoms with E-state index in [1.807, 2.05) is 35.7 Å². The molecule has 3 rings (SSSR count). The molecule has 0 radical (unpaired) electrons. The number of amides is 1. The highest BCUT2D eigenvalue weighted by molar-refractivity contribution is 8.16. The Morgan fingerprint density at radius 2 is 1.79 bits per heavy atom. The maximum Gasteiger partial charge on any atom is 0.338 e. The molecule has 1 atom stereocenters. The minimum atomic E-state index is -1.11. The number of ether oxygens (including phenoxy) is 1. The van der Waals surface area contributed by atoms with Crippen molar-refractivity contribution < 1.29 is 19.2 Å². The monoisotopic (exact) mass is 432 g/mol. The minimum Gasteiger partial charge on any atom is -0.449 e. The summed E-state index contributed by atoms with van der Waals surface area (Å²) in [5, 5.41) is 13.5. The second-order valence-corrected chi connectivity index (χ2v) is 9.08. The van der Waals surface area contributed by atoms with E-state index in [0.29, 0.717) is 10.1 Å². The number of anilines is 1. The van der Waals surface area contributed by atoms with Crippen LogP contribution in [-0.2, 0) is 9.53 Å². The Labute approximate surface area is 176 Å². The van der Waals surface area contributed by atoms with Crippen molar-refractivity contribution in [2.45, 2.75) is 24.0 Å². The van der Waals surface area contributed by atoms with Crippen LogP contribution in [0.25, 0.3) is 0 Å². The molecule has 0 aliphatic carbocycles. The van der Waals surface area contributed by atoms with Gasteiger partial charge in [-0.2, -0.15) is 0 Å². The fraction of sp³-hybridized carbons (Fsp3) is 0.300. The summed E-state index contributed by atoms with van der Waals surface area (Å²) in [5.41, 5.74) is 1.33. The number of nitrogens with zero attached hydrogens (tertiary/aromatic N) is 1. The van der Waals surface area contributed by atoms with E-state index in [0.717, 1.165) is 17.1 Å². The lowest BCUT2D eigenvalue weighted by atomic mass is 10.1. The maximum atomic E-state index is 12.4. The molecular weight excluding hydrogens is 412 g/mol. The van der Waals surface area contributed by atoms with Crippen molar-refractivity contribution in [1.29, 1.82) is 0 Å². The van der Waals surface area contributed by atoms with Gasteiger partial charge < -0.3 is 10.1 Å². The van der Waals surface area contributed by atoms with E-state index in [1.165, 1.54) is 31.5 Å². The van der Waals surface area contributed by atoms with Gasteiger partial charge in [-0.05, 0) is 48.6 Å². The molecule has 1 saturated heterocycles. The third kappa shape index (κ3) is 5.51. The number of rotatable bonds is 6. The fourth-order valence-electron chi connectivity index (χ4n) is 2.71. The summed E-state index contributed by atoms with van der Waals surface area (Å²) in [7, 11) is 0. The van der Waals surface area contributed by atoms with Gasteiger partial charge in [0, 0.05) is 6.07 Å². The second-order valence-electron chi connectivity index (χ2n) is 6.36. The number of carbonyl (C=O) groups is 2. The van der Waals surface area contributed by atoms with Gasteiger partial charge >= 0.3 is 5.97 Å². The highest BCUT2D eigenvalue weighted by Gasteiger charge is 2.23. The summed E-state index contributed by atoms with van der Waals surface area (Å²) < 4.78 is 5.60. The molecule has 0 aromatic heterocycles. The van der Waals surface area contributed by atoms with E-state index < -0.39 is 22.9 Å². The van der Waals surface area contributed by atoms with Crippen LogP contribution in [-0.4, -0.2) is 34.4 Å². The molecule has 1 heterocycles. The van der Waals surface area contributed by atoms with Crippen LogP contribution < -0.4 is 5.32 Å². The molecule has 1 aliphatic heterocycles. The van der Waals surface area contributed by atoms with Gasteiger partial charge in [0.2, 0.25) is 0 Å². The van der Waals surface area contributed by atoms with Gasteiger partial charge in [-0.1, -0.05) is 24.3 Å². The average Bonchev–Trinajstić information content (AvgIpc) is 2.74. The van der Waals surface area contributed by atoms with Crippen molar-refractivity contribution in [2.24, 2.45) is 0 Å². The van der Waals surface area contributed by atoms with Crippen molar-refractivity contribution >= 4 is 46.8 Å². The molecule has 9 heteroatoms.